The highest BCUT2D eigenvalue weighted by Crippen LogP contribution is 2.18. The number of carbonyl (C=O) groups excluding carboxylic acids is 2. The Bertz CT molecular complexity index is 720. The maximum Gasteiger partial charge on any atom is 0.359 e. The molecule has 114 valence electrons. The largest absolute Gasteiger partial charge is 0.451 e. The molecule has 5 nitrogen and oxygen atoms in total. The lowest BCUT2D eigenvalue weighted by atomic mass is 10.2. The van der Waals surface area contributed by atoms with Crippen molar-refractivity contribution in [1.29, 1.82) is 0 Å². The number of ether oxygens (including phenoxy) is 1. The predicted octanol–water partition coefficient (Wildman–Crippen LogP) is 3.49. The van der Waals surface area contributed by atoms with Gasteiger partial charge in [0.15, 0.2) is 12.3 Å². The molecular weight excluding hydrogens is 327 g/mol. The van der Waals surface area contributed by atoms with Crippen molar-refractivity contribution in [2.24, 2.45) is 0 Å². The van der Waals surface area contributed by atoms with Crippen LogP contribution in [0, 0.1) is 6.92 Å². The summed E-state index contributed by atoms with van der Waals surface area (Å²) in [4.78, 5) is 27.4. The quantitative estimate of drug-likeness (QED) is 0.684. The van der Waals surface area contributed by atoms with E-state index in [0.717, 1.165) is 5.56 Å². The summed E-state index contributed by atoms with van der Waals surface area (Å²) in [5.41, 5.74) is 1.43. The fourth-order valence-corrected chi connectivity index (χ4v) is 1.99. The molecule has 22 heavy (non-hydrogen) atoms. The summed E-state index contributed by atoms with van der Waals surface area (Å²) in [6.45, 7) is 1.41. The van der Waals surface area contributed by atoms with E-state index in [0.29, 0.717) is 5.69 Å². The molecule has 1 heterocycles. The summed E-state index contributed by atoms with van der Waals surface area (Å²) < 4.78 is 4.88. The topological polar surface area (TPSA) is 68.3 Å². The van der Waals surface area contributed by atoms with Crippen molar-refractivity contribution in [3.05, 3.63) is 57.8 Å². The molecule has 0 aliphatic heterocycles. The van der Waals surface area contributed by atoms with E-state index >= 15 is 0 Å². The third-order valence-electron chi connectivity index (χ3n) is 2.76. The Hall–Kier alpha value is -2.11. The number of pyridine rings is 1. The Morgan fingerprint density at radius 1 is 1.18 bits per heavy atom. The molecule has 1 amide bonds. The normalized spacial score (nSPS) is 10.1. The molecule has 1 aromatic heterocycles. The number of hydrogen-bond donors (Lipinski definition) is 1. The summed E-state index contributed by atoms with van der Waals surface area (Å²) >= 11 is 11.5. The van der Waals surface area contributed by atoms with Crippen LogP contribution in [0.1, 0.15) is 16.1 Å². The number of rotatable bonds is 4. The minimum atomic E-state index is -0.813. The van der Waals surface area contributed by atoms with Gasteiger partial charge in [-0.05, 0) is 30.7 Å². The molecular formula is C15H12Cl2N2O3. The fourth-order valence-electron chi connectivity index (χ4n) is 1.66. The molecule has 0 atom stereocenters. The number of hydrogen-bond acceptors (Lipinski definition) is 4. The van der Waals surface area contributed by atoms with Gasteiger partial charge in [-0.3, -0.25) is 4.79 Å². The van der Waals surface area contributed by atoms with Gasteiger partial charge in [0.1, 0.15) is 5.15 Å². The first-order valence-electron chi connectivity index (χ1n) is 6.32. The molecule has 0 saturated heterocycles. The van der Waals surface area contributed by atoms with E-state index < -0.39 is 18.5 Å². The van der Waals surface area contributed by atoms with E-state index in [-0.39, 0.29) is 15.9 Å². The first-order chi connectivity index (χ1) is 10.5. The molecule has 7 heteroatoms. The highest BCUT2D eigenvalue weighted by atomic mass is 35.5. The van der Waals surface area contributed by atoms with Crippen LogP contribution in [0.25, 0.3) is 0 Å². The van der Waals surface area contributed by atoms with Crippen LogP contribution in [-0.2, 0) is 9.53 Å². The van der Waals surface area contributed by atoms with Crippen LogP contribution in [0.2, 0.25) is 10.2 Å². The number of anilines is 1. The molecule has 0 aliphatic rings. The fraction of sp³-hybridized carbons (Fsp3) is 0.133. The van der Waals surface area contributed by atoms with Crippen LogP contribution in [0.15, 0.2) is 36.4 Å². The molecule has 1 aromatic carbocycles. The highest BCUT2D eigenvalue weighted by Gasteiger charge is 2.16. The second-order valence-electron chi connectivity index (χ2n) is 4.40. The van der Waals surface area contributed by atoms with Gasteiger partial charge >= 0.3 is 5.97 Å². The Labute approximate surface area is 137 Å². The number of benzene rings is 1. The van der Waals surface area contributed by atoms with Crippen LogP contribution >= 0.6 is 23.2 Å². The zero-order chi connectivity index (χ0) is 16.1. The van der Waals surface area contributed by atoms with Gasteiger partial charge in [-0.2, -0.15) is 0 Å². The lowest BCUT2D eigenvalue weighted by Gasteiger charge is -2.09. The minimum absolute atomic E-state index is 0.105. The van der Waals surface area contributed by atoms with E-state index in [4.69, 9.17) is 27.9 Å². The van der Waals surface area contributed by atoms with Crippen LogP contribution in [-0.4, -0.2) is 23.5 Å². The second kappa shape index (κ2) is 7.24. The second-order valence-corrected chi connectivity index (χ2v) is 5.20. The summed E-state index contributed by atoms with van der Waals surface area (Å²) in [5.74, 6) is -1.27. The van der Waals surface area contributed by atoms with E-state index in [1.54, 1.807) is 12.1 Å². The number of halogens is 2. The first-order valence-corrected chi connectivity index (χ1v) is 7.07. The van der Waals surface area contributed by atoms with Crippen molar-refractivity contribution in [1.82, 2.24) is 4.98 Å². The molecule has 2 aromatic rings. The Kier molecular flexibility index (Phi) is 5.35. The molecule has 1 N–H and O–H groups in total. The number of carbonyl (C=O) groups is 2. The molecule has 0 saturated carbocycles. The predicted molar refractivity (Wildman–Crippen MR) is 84.3 cm³/mol. The van der Waals surface area contributed by atoms with Crippen molar-refractivity contribution in [2.45, 2.75) is 6.92 Å². The lowest BCUT2D eigenvalue weighted by Crippen LogP contribution is -2.21. The van der Waals surface area contributed by atoms with Crippen molar-refractivity contribution in [2.75, 3.05) is 11.9 Å². The highest BCUT2D eigenvalue weighted by molar-refractivity contribution is 6.34. The average molecular weight is 339 g/mol. The van der Waals surface area contributed by atoms with Gasteiger partial charge in [0.05, 0.1) is 5.02 Å². The Morgan fingerprint density at radius 3 is 2.64 bits per heavy atom. The van der Waals surface area contributed by atoms with Crippen molar-refractivity contribution < 1.29 is 14.3 Å². The molecule has 0 spiro atoms. The number of aromatic nitrogens is 1. The monoisotopic (exact) mass is 338 g/mol. The number of nitrogens with one attached hydrogen (secondary N) is 1. The van der Waals surface area contributed by atoms with Gasteiger partial charge in [-0.1, -0.05) is 41.4 Å². The SMILES string of the molecule is Cc1ccccc1NC(=O)COC(=O)c1nc(Cl)ccc1Cl. The van der Waals surface area contributed by atoms with E-state index in [1.807, 2.05) is 19.1 Å². The lowest BCUT2D eigenvalue weighted by molar-refractivity contribution is -0.119. The van der Waals surface area contributed by atoms with E-state index in [1.165, 1.54) is 12.1 Å². The maximum absolute atomic E-state index is 11.8. The summed E-state index contributed by atoms with van der Waals surface area (Å²) in [6, 6.07) is 10.1. The number of esters is 1. The molecule has 0 unspecified atom stereocenters. The maximum atomic E-state index is 11.8. The number of para-hydroxylation sites is 1. The van der Waals surface area contributed by atoms with Crippen molar-refractivity contribution in [3.8, 4) is 0 Å². The summed E-state index contributed by atoms with van der Waals surface area (Å²) in [5, 5.41) is 2.86. The summed E-state index contributed by atoms with van der Waals surface area (Å²) in [6.07, 6.45) is 0. The third kappa shape index (κ3) is 4.19. The van der Waals surface area contributed by atoms with Gasteiger partial charge in [-0.15, -0.1) is 0 Å². The summed E-state index contributed by atoms with van der Waals surface area (Å²) in [7, 11) is 0. The van der Waals surface area contributed by atoms with Crippen LogP contribution in [0.4, 0.5) is 5.69 Å². The zero-order valence-electron chi connectivity index (χ0n) is 11.6. The van der Waals surface area contributed by atoms with Crippen molar-refractivity contribution >= 4 is 40.8 Å². The van der Waals surface area contributed by atoms with Gasteiger partial charge < -0.3 is 10.1 Å². The minimum Gasteiger partial charge on any atom is -0.451 e. The number of aryl methyl sites for hydroxylation is 1. The van der Waals surface area contributed by atoms with Gasteiger partial charge in [-0.25, -0.2) is 9.78 Å². The third-order valence-corrected chi connectivity index (χ3v) is 3.27. The van der Waals surface area contributed by atoms with Crippen LogP contribution in [0.3, 0.4) is 0 Å². The molecule has 0 fully saturated rings. The van der Waals surface area contributed by atoms with Crippen LogP contribution in [0.5, 0.6) is 0 Å². The molecule has 0 aliphatic carbocycles. The molecule has 0 bridgehead atoms. The van der Waals surface area contributed by atoms with Crippen LogP contribution < -0.4 is 5.32 Å². The number of nitrogens with zero attached hydrogens (tertiary/aromatic N) is 1. The van der Waals surface area contributed by atoms with Crippen molar-refractivity contribution in [3.63, 3.8) is 0 Å². The van der Waals surface area contributed by atoms with E-state index in [2.05, 4.69) is 10.3 Å². The van der Waals surface area contributed by atoms with Gasteiger partial charge in [0.25, 0.3) is 5.91 Å². The average Bonchev–Trinajstić information content (AvgIpc) is 2.49. The first kappa shape index (κ1) is 16.3. The number of amides is 1. The van der Waals surface area contributed by atoms with Gasteiger partial charge in [0, 0.05) is 5.69 Å². The Balaban J connectivity index is 1.95. The zero-order valence-corrected chi connectivity index (χ0v) is 13.1. The molecule has 2 rings (SSSR count). The standard InChI is InChI=1S/C15H12Cl2N2O3/c1-9-4-2-3-5-11(9)18-13(20)8-22-15(21)14-10(16)6-7-12(17)19-14/h2-7H,8H2,1H3,(H,18,20). The Morgan fingerprint density at radius 2 is 1.91 bits per heavy atom. The smallest absolute Gasteiger partial charge is 0.359 e. The van der Waals surface area contributed by atoms with Gasteiger partial charge in [0.2, 0.25) is 0 Å². The van der Waals surface area contributed by atoms with E-state index in [9.17, 15) is 9.59 Å². The molecule has 0 radical (unpaired) electrons.